The molecule has 0 aliphatic heterocycles. The van der Waals surface area contributed by atoms with E-state index in [2.05, 4.69) is 26.3 Å². The van der Waals surface area contributed by atoms with Gasteiger partial charge in [0.25, 0.3) is 0 Å². The molecule has 45 heavy (non-hydrogen) atoms. The van der Waals surface area contributed by atoms with Crippen molar-refractivity contribution in [3.8, 4) is 34.1 Å². The molecular formula is C36H31FO8. The van der Waals surface area contributed by atoms with Gasteiger partial charge >= 0.3 is 23.9 Å². The molecule has 0 saturated carbocycles. The first-order chi connectivity index (χ1) is 21.2. The minimum Gasteiger partial charge on any atom is -0.423 e. The lowest BCUT2D eigenvalue weighted by Gasteiger charge is -2.14. The molecule has 0 unspecified atom stereocenters. The third-order valence-electron chi connectivity index (χ3n) is 5.90. The van der Waals surface area contributed by atoms with Crippen molar-refractivity contribution in [3.05, 3.63) is 120 Å². The Balaban J connectivity index is 1.97. The molecule has 3 rings (SSSR count). The summed E-state index contributed by atoms with van der Waals surface area (Å²) < 4.78 is 36.8. The summed E-state index contributed by atoms with van der Waals surface area (Å²) in [5, 5.41) is 0. The second-order valence-electron chi connectivity index (χ2n) is 10.1. The van der Waals surface area contributed by atoms with Gasteiger partial charge in [0, 0.05) is 51.1 Å². The van der Waals surface area contributed by atoms with E-state index in [4.69, 9.17) is 18.9 Å². The van der Waals surface area contributed by atoms with Gasteiger partial charge in [0.15, 0.2) is 0 Å². The predicted octanol–water partition coefficient (Wildman–Crippen LogP) is 7.59. The number of rotatable bonds is 11. The maximum Gasteiger partial charge on any atom is 0.338 e. The van der Waals surface area contributed by atoms with Crippen molar-refractivity contribution >= 4 is 36.0 Å². The van der Waals surface area contributed by atoms with Crippen LogP contribution in [-0.2, 0) is 19.2 Å². The van der Waals surface area contributed by atoms with E-state index in [9.17, 15) is 19.2 Å². The SMILES string of the molecule is C=C(C)C(=O)Oc1ccc(/C=C/c2ccc(-c3ccc(OC(=O)C(=C)C)cc3OC(=O)C(=C)C)c(F)c2)c(OC(=O)C(=C)C)c1. The van der Waals surface area contributed by atoms with E-state index in [-0.39, 0.29) is 56.4 Å². The number of benzene rings is 3. The summed E-state index contributed by atoms with van der Waals surface area (Å²) in [6, 6.07) is 13.0. The Bertz CT molecular complexity index is 1790. The summed E-state index contributed by atoms with van der Waals surface area (Å²) in [6.07, 6.45) is 3.17. The number of esters is 4. The van der Waals surface area contributed by atoms with Gasteiger partial charge in [0.05, 0.1) is 0 Å². The number of carbonyl (C=O) groups excluding carboxylic acids is 4. The lowest BCUT2D eigenvalue weighted by atomic mass is 10.0. The van der Waals surface area contributed by atoms with E-state index in [1.165, 1.54) is 70.2 Å². The maximum atomic E-state index is 15.5. The van der Waals surface area contributed by atoms with Crippen LogP contribution in [0.5, 0.6) is 23.0 Å². The highest BCUT2D eigenvalue weighted by Crippen LogP contribution is 2.36. The fourth-order valence-corrected chi connectivity index (χ4v) is 3.48. The number of hydrogen-bond donors (Lipinski definition) is 0. The molecule has 0 radical (unpaired) electrons. The topological polar surface area (TPSA) is 105 Å². The van der Waals surface area contributed by atoms with Gasteiger partial charge in [-0.1, -0.05) is 50.6 Å². The normalized spacial score (nSPS) is 10.5. The summed E-state index contributed by atoms with van der Waals surface area (Å²) in [5.41, 5.74) is 1.82. The van der Waals surface area contributed by atoms with Crippen molar-refractivity contribution in [3.63, 3.8) is 0 Å². The average Bonchev–Trinajstić information content (AvgIpc) is 2.97. The quantitative estimate of drug-likeness (QED) is 0.0947. The molecule has 3 aromatic carbocycles. The van der Waals surface area contributed by atoms with Gasteiger partial charge < -0.3 is 18.9 Å². The molecule has 0 aliphatic carbocycles. The van der Waals surface area contributed by atoms with Gasteiger partial charge in [-0.25, -0.2) is 23.6 Å². The largest absolute Gasteiger partial charge is 0.423 e. The summed E-state index contributed by atoms with van der Waals surface area (Å²) in [4.78, 5) is 48.5. The van der Waals surface area contributed by atoms with E-state index in [0.717, 1.165) is 0 Å². The highest BCUT2D eigenvalue weighted by atomic mass is 19.1. The van der Waals surface area contributed by atoms with Crippen LogP contribution in [0.1, 0.15) is 38.8 Å². The number of hydrogen-bond acceptors (Lipinski definition) is 8. The number of halogens is 1. The molecule has 0 aromatic heterocycles. The lowest BCUT2D eigenvalue weighted by Crippen LogP contribution is -2.11. The van der Waals surface area contributed by atoms with Gasteiger partial charge in [-0.15, -0.1) is 0 Å². The highest BCUT2D eigenvalue weighted by Gasteiger charge is 2.18. The zero-order valence-corrected chi connectivity index (χ0v) is 25.3. The molecule has 0 aliphatic rings. The van der Waals surface area contributed by atoms with Crippen LogP contribution in [0.3, 0.4) is 0 Å². The fraction of sp³-hybridized carbons (Fsp3) is 0.111. The molecule has 0 fully saturated rings. The zero-order chi connectivity index (χ0) is 33.4. The molecule has 0 N–H and O–H groups in total. The van der Waals surface area contributed by atoms with Crippen LogP contribution in [0, 0.1) is 5.82 Å². The summed E-state index contributed by atoms with van der Waals surface area (Å²) in [7, 11) is 0. The molecule has 0 heterocycles. The van der Waals surface area contributed by atoms with Gasteiger partial charge in [0.1, 0.15) is 28.8 Å². The minimum absolute atomic E-state index is 0.0476. The molecule has 0 spiro atoms. The van der Waals surface area contributed by atoms with Gasteiger partial charge in [0.2, 0.25) is 0 Å². The van der Waals surface area contributed by atoms with E-state index < -0.39 is 29.7 Å². The van der Waals surface area contributed by atoms with E-state index in [1.807, 2.05) is 0 Å². The van der Waals surface area contributed by atoms with Crippen molar-refractivity contribution < 1.29 is 42.5 Å². The van der Waals surface area contributed by atoms with Crippen LogP contribution >= 0.6 is 0 Å². The summed E-state index contributed by atoms with van der Waals surface area (Å²) in [6.45, 7) is 20.1. The average molecular weight is 611 g/mol. The van der Waals surface area contributed by atoms with Crippen LogP contribution in [0.4, 0.5) is 4.39 Å². The first-order valence-corrected chi connectivity index (χ1v) is 13.4. The predicted molar refractivity (Wildman–Crippen MR) is 169 cm³/mol. The second kappa shape index (κ2) is 14.6. The van der Waals surface area contributed by atoms with Crippen molar-refractivity contribution in [2.75, 3.05) is 0 Å². The summed E-state index contributed by atoms with van der Waals surface area (Å²) >= 11 is 0. The Hall–Kier alpha value is -5.83. The highest BCUT2D eigenvalue weighted by molar-refractivity contribution is 5.92. The van der Waals surface area contributed by atoms with Crippen molar-refractivity contribution in [2.24, 2.45) is 0 Å². The Kier molecular flexibility index (Phi) is 10.9. The second-order valence-corrected chi connectivity index (χ2v) is 10.1. The molecule has 0 atom stereocenters. The van der Waals surface area contributed by atoms with Crippen molar-refractivity contribution in [2.45, 2.75) is 27.7 Å². The molecule has 3 aromatic rings. The van der Waals surface area contributed by atoms with Crippen LogP contribution in [0.25, 0.3) is 23.3 Å². The zero-order valence-electron chi connectivity index (χ0n) is 25.3. The van der Waals surface area contributed by atoms with Crippen LogP contribution in [0.15, 0.2) is 103 Å². The van der Waals surface area contributed by atoms with E-state index in [1.54, 1.807) is 24.3 Å². The molecule has 0 bridgehead atoms. The molecular weight excluding hydrogens is 579 g/mol. The summed E-state index contributed by atoms with van der Waals surface area (Å²) in [5.74, 6) is -3.17. The maximum absolute atomic E-state index is 15.5. The Morgan fingerprint density at radius 1 is 0.556 bits per heavy atom. The molecule has 9 heteroatoms. The molecule has 8 nitrogen and oxygen atoms in total. The van der Waals surface area contributed by atoms with Crippen molar-refractivity contribution in [1.29, 1.82) is 0 Å². The van der Waals surface area contributed by atoms with Crippen LogP contribution in [0.2, 0.25) is 0 Å². The molecule has 230 valence electrons. The standard InChI is InChI=1S/C36H31FO8/c1-20(2)33(38)42-26-13-12-25(31(18-26)44-35(40)22(5)6)11-9-24-10-15-28(30(37)17-24)29-16-14-27(43-34(39)21(3)4)19-32(29)45-36(41)23(7)8/h9-19H,1,3,5,7H2,2,4,6,8H3/b11-9+. The first kappa shape index (κ1) is 33.7. The lowest BCUT2D eigenvalue weighted by molar-refractivity contribution is -0.131. The third kappa shape index (κ3) is 9.08. The van der Waals surface area contributed by atoms with Crippen molar-refractivity contribution in [1.82, 2.24) is 0 Å². The Morgan fingerprint density at radius 3 is 1.51 bits per heavy atom. The first-order valence-electron chi connectivity index (χ1n) is 13.4. The van der Waals surface area contributed by atoms with Gasteiger partial charge in [-0.05, 0) is 63.6 Å². The van der Waals surface area contributed by atoms with Gasteiger partial charge in [-0.2, -0.15) is 0 Å². The van der Waals surface area contributed by atoms with E-state index >= 15 is 4.39 Å². The molecule has 0 amide bonds. The Morgan fingerprint density at radius 2 is 1.00 bits per heavy atom. The van der Waals surface area contributed by atoms with E-state index in [0.29, 0.717) is 11.1 Å². The van der Waals surface area contributed by atoms with Gasteiger partial charge in [-0.3, -0.25) is 0 Å². The van der Waals surface area contributed by atoms with Crippen LogP contribution in [-0.4, -0.2) is 23.9 Å². The Labute approximate surface area is 260 Å². The fourth-order valence-electron chi connectivity index (χ4n) is 3.48. The smallest absolute Gasteiger partial charge is 0.338 e. The molecule has 0 saturated heterocycles. The van der Waals surface area contributed by atoms with Crippen LogP contribution < -0.4 is 18.9 Å². The number of carbonyl (C=O) groups is 4. The monoisotopic (exact) mass is 610 g/mol. The number of ether oxygens (including phenoxy) is 4. The minimum atomic E-state index is -0.747. The third-order valence-corrected chi connectivity index (χ3v) is 5.90.